The number of aliphatic hydroxyl groups is 1. The first-order chi connectivity index (χ1) is 10.2. The van der Waals surface area contributed by atoms with E-state index in [1.54, 1.807) is 0 Å². The van der Waals surface area contributed by atoms with Crippen LogP contribution in [-0.4, -0.2) is 55.2 Å². The van der Waals surface area contributed by atoms with E-state index in [0.717, 1.165) is 10.9 Å². The molecule has 0 unspecified atom stereocenters. The van der Waals surface area contributed by atoms with Crippen LogP contribution in [0.15, 0.2) is 18.7 Å². The zero-order chi connectivity index (χ0) is 18.5. The van der Waals surface area contributed by atoms with Crippen molar-refractivity contribution in [1.82, 2.24) is 9.55 Å². The molecule has 1 heterocycles. The fourth-order valence-electron chi connectivity index (χ4n) is 1.11. The predicted molar refractivity (Wildman–Crippen MR) is 79.0 cm³/mol. The van der Waals surface area contributed by atoms with Crippen LogP contribution in [0.1, 0.15) is 6.42 Å². The minimum Gasteiger partial charge on any atom is -0.481 e. The van der Waals surface area contributed by atoms with Crippen LogP contribution in [-0.2, 0) is 20.5 Å². The standard InChI is InChI=1S/C5H10N2O7P2.C3H4Cl2O2/c8-5(15(9,10)11,16(12,13)14)3-7-2-1-6-4-7;4-2(5)1-3(6)7/h1-2,4,8H,3H2,(H2,9,10,11)(H2,12,13,14);2H,1H2,(H,6,7). The molecule has 0 bridgehead atoms. The Labute approximate surface area is 139 Å². The summed E-state index contributed by atoms with van der Waals surface area (Å²) in [5.74, 6) is -0.977. The van der Waals surface area contributed by atoms with Gasteiger partial charge in [0.15, 0.2) is 0 Å². The second-order valence-corrected chi connectivity index (χ2v) is 9.37. The maximum absolute atomic E-state index is 10.9. The molecule has 134 valence electrons. The van der Waals surface area contributed by atoms with Gasteiger partial charge in [0.2, 0.25) is 0 Å². The van der Waals surface area contributed by atoms with Gasteiger partial charge in [-0.1, -0.05) is 0 Å². The van der Waals surface area contributed by atoms with E-state index >= 15 is 0 Å². The van der Waals surface area contributed by atoms with E-state index in [1.807, 2.05) is 0 Å². The SMILES string of the molecule is O=C(O)CC(Cl)Cl.O=P(O)(O)C(O)(Cn1ccnc1)P(=O)(O)O. The number of nitrogens with zero attached hydrogens (tertiary/aromatic N) is 2. The number of aliphatic carboxylic acids is 1. The molecule has 0 aromatic carbocycles. The fraction of sp³-hybridized carbons (Fsp3) is 0.500. The van der Waals surface area contributed by atoms with Gasteiger partial charge < -0.3 is 34.4 Å². The molecule has 0 saturated carbocycles. The number of hydrogen-bond acceptors (Lipinski definition) is 5. The largest absolute Gasteiger partial charge is 0.481 e. The highest BCUT2D eigenvalue weighted by molar-refractivity contribution is 7.72. The van der Waals surface area contributed by atoms with Gasteiger partial charge in [0.05, 0.1) is 19.3 Å². The average molecular weight is 415 g/mol. The van der Waals surface area contributed by atoms with Gasteiger partial charge >= 0.3 is 21.2 Å². The molecule has 0 aliphatic rings. The van der Waals surface area contributed by atoms with Crippen molar-refractivity contribution >= 4 is 44.4 Å². The van der Waals surface area contributed by atoms with Crippen molar-refractivity contribution < 1.29 is 43.7 Å². The number of halogens is 2. The Kier molecular flexibility index (Phi) is 8.39. The summed E-state index contributed by atoms with van der Waals surface area (Å²) >= 11 is 10.1. The Hall–Kier alpha value is -0.480. The van der Waals surface area contributed by atoms with E-state index in [-0.39, 0.29) is 6.42 Å². The molecule has 15 heteroatoms. The zero-order valence-corrected chi connectivity index (χ0v) is 14.5. The summed E-state index contributed by atoms with van der Waals surface area (Å²) in [5.41, 5.74) is 0. The highest BCUT2D eigenvalue weighted by atomic mass is 35.5. The quantitative estimate of drug-likeness (QED) is 0.275. The molecule has 0 saturated heterocycles. The van der Waals surface area contributed by atoms with Gasteiger partial charge in [-0.25, -0.2) is 4.98 Å². The molecule has 0 amide bonds. The molecule has 6 N–H and O–H groups in total. The second kappa shape index (κ2) is 8.57. The summed E-state index contributed by atoms with van der Waals surface area (Å²) < 4.78 is 22.8. The van der Waals surface area contributed by atoms with Crippen molar-refractivity contribution in [3.05, 3.63) is 18.7 Å². The molecule has 0 aliphatic heterocycles. The highest BCUT2D eigenvalue weighted by Gasteiger charge is 2.59. The van der Waals surface area contributed by atoms with Gasteiger partial charge in [0.1, 0.15) is 4.84 Å². The molecule has 1 rings (SSSR count). The number of carbonyl (C=O) groups is 1. The van der Waals surface area contributed by atoms with Crippen LogP contribution in [0.5, 0.6) is 0 Å². The number of imidazole rings is 1. The van der Waals surface area contributed by atoms with Crippen LogP contribution in [0.25, 0.3) is 0 Å². The van der Waals surface area contributed by atoms with Gasteiger partial charge in [-0.3, -0.25) is 13.9 Å². The number of alkyl halides is 2. The van der Waals surface area contributed by atoms with Gasteiger partial charge in [-0.15, -0.1) is 23.2 Å². The molecule has 0 aliphatic carbocycles. The average Bonchev–Trinajstić information content (AvgIpc) is 2.77. The Morgan fingerprint density at radius 3 is 1.91 bits per heavy atom. The number of carboxylic acids is 1. The normalized spacial score (nSPS) is 12.7. The third-order valence-electron chi connectivity index (χ3n) is 2.22. The first-order valence-corrected chi connectivity index (χ1v) is 9.60. The second-order valence-electron chi connectivity index (χ2n) is 4.09. The highest BCUT2D eigenvalue weighted by Crippen LogP contribution is 2.67. The smallest absolute Gasteiger partial charge is 0.371 e. The maximum Gasteiger partial charge on any atom is 0.371 e. The third kappa shape index (κ3) is 7.30. The minimum atomic E-state index is -5.41. The predicted octanol–water partition coefficient (Wildman–Crippen LogP) is 0.149. The molecule has 1 aromatic heterocycles. The van der Waals surface area contributed by atoms with Crippen molar-refractivity contribution in [2.75, 3.05) is 0 Å². The number of aromatic nitrogens is 2. The molecule has 0 spiro atoms. The summed E-state index contributed by atoms with van der Waals surface area (Å²) in [6.07, 6.45) is 3.31. The van der Waals surface area contributed by atoms with Gasteiger partial charge in [-0.05, 0) is 0 Å². The number of rotatable bonds is 6. The van der Waals surface area contributed by atoms with E-state index < -0.39 is 37.6 Å². The van der Waals surface area contributed by atoms with E-state index in [9.17, 15) is 19.0 Å². The minimum absolute atomic E-state index is 0.191. The Morgan fingerprint density at radius 2 is 1.70 bits per heavy atom. The van der Waals surface area contributed by atoms with Crippen LogP contribution in [0, 0.1) is 0 Å². The van der Waals surface area contributed by atoms with E-state index in [0.29, 0.717) is 0 Å². The molecule has 0 atom stereocenters. The van der Waals surface area contributed by atoms with Crippen LogP contribution in [0.4, 0.5) is 0 Å². The molecular weight excluding hydrogens is 401 g/mol. The van der Waals surface area contributed by atoms with Crippen LogP contribution < -0.4 is 0 Å². The molecule has 1 aromatic rings. The lowest BCUT2D eigenvalue weighted by Crippen LogP contribution is -2.33. The van der Waals surface area contributed by atoms with Crippen LogP contribution in [0.3, 0.4) is 0 Å². The summed E-state index contributed by atoms with van der Waals surface area (Å²) in [7, 11) is -10.8. The molecular formula is C8H14Cl2N2O9P2. The van der Waals surface area contributed by atoms with Gasteiger partial charge in [-0.2, -0.15) is 0 Å². The van der Waals surface area contributed by atoms with Crippen molar-refractivity contribution in [2.45, 2.75) is 22.9 Å². The summed E-state index contributed by atoms with van der Waals surface area (Å²) in [4.78, 5) is 47.6. The third-order valence-corrected chi connectivity index (χ3v) is 6.24. The van der Waals surface area contributed by atoms with Crippen molar-refractivity contribution in [3.8, 4) is 0 Å². The van der Waals surface area contributed by atoms with Gasteiger partial charge in [0.25, 0.3) is 5.08 Å². The first-order valence-electron chi connectivity index (χ1n) is 5.50. The fourth-order valence-corrected chi connectivity index (χ4v) is 3.43. The first kappa shape index (κ1) is 22.5. The van der Waals surface area contributed by atoms with Crippen molar-refractivity contribution in [1.29, 1.82) is 0 Å². The molecule has 0 radical (unpaired) electrons. The summed E-state index contributed by atoms with van der Waals surface area (Å²) in [5, 5.41) is 14.0. The van der Waals surface area contributed by atoms with Crippen LogP contribution in [0.2, 0.25) is 0 Å². The van der Waals surface area contributed by atoms with Crippen LogP contribution >= 0.6 is 38.4 Å². The van der Waals surface area contributed by atoms with E-state index in [4.69, 9.17) is 47.9 Å². The van der Waals surface area contributed by atoms with Crippen molar-refractivity contribution in [2.24, 2.45) is 0 Å². The van der Waals surface area contributed by atoms with E-state index in [2.05, 4.69) is 4.98 Å². The summed E-state index contributed by atoms with van der Waals surface area (Å²) in [6, 6.07) is 0. The topological polar surface area (TPSA) is 190 Å². The summed E-state index contributed by atoms with van der Waals surface area (Å²) in [6.45, 7) is -0.957. The lowest BCUT2D eigenvalue weighted by molar-refractivity contribution is -0.136. The van der Waals surface area contributed by atoms with Crippen molar-refractivity contribution in [3.63, 3.8) is 0 Å². The van der Waals surface area contributed by atoms with E-state index in [1.165, 1.54) is 12.4 Å². The lowest BCUT2D eigenvalue weighted by Gasteiger charge is -2.29. The molecule has 11 nitrogen and oxygen atoms in total. The molecule has 23 heavy (non-hydrogen) atoms. The lowest BCUT2D eigenvalue weighted by atomic mass is 10.5. The molecule has 0 fully saturated rings. The Bertz CT molecular complexity index is 575. The number of hydrogen-bond donors (Lipinski definition) is 6. The Morgan fingerprint density at radius 1 is 1.22 bits per heavy atom. The number of carboxylic acid groups (broad SMARTS) is 1. The monoisotopic (exact) mass is 414 g/mol. The van der Waals surface area contributed by atoms with Gasteiger partial charge in [0, 0.05) is 12.4 Å². The maximum atomic E-state index is 10.9. The Balaban J connectivity index is 0.000000585. The zero-order valence-electron chi connectivity index (χ0n) is 11.2.